The third kappa shape index (κ3) is 3.31. The molecular weight excluding hydrogens is 393 g/mol. The molecule has 4 nitrogen and oxygen atoms in total. The normalized spacial score (nSPS) is 15.9. The number of aromatic amines is 1. The van der Waals surface area contributed by atoms with Gasteiger partial charge >= 0.3 is 0 Å². The Kier molecular flexibility index (Phi) is 5.42. The lowest BCUT2D eigenvalue weighted by molar-refractivity contribution is 0.0740. The molecule has 1 unspecified atom stereocenters. The molecule has 1 amide bonds. The molecule has 1 aliphatic heterocycles. The fraction of sp³-hybridized carbons (Fsp3) is 0.273. The van der Waals surface area contributed by atoms with Crippen molar-refractivity contribution in [3.8, 4) is 11.3 Å². The zero-order chi connectivity index (χ0) is 19.7. The van der Waals surface area contributed by atoms with Crippen molar-refractivity contribution < 1.29 is 4.79 Å². The second kappa shape index (κ2) is 7.98. The van der Waals surface area contributed by atoms with Crippen LogP contribution in [0.25, 0.3) is 11.3 Å². The topological polar surface area (TPSA) is 49.0 Å². The van der Waals surface area contributed by atoms with E-state index in [0.29, 0.717) is 22.3 Å². The van der Waals surface area contributed by atoms with Gasteiger partial charge in [-0.1, -0.05) is 73.3 Å². The molecule has 4 rings (SSSR count). The van der Waals surface area contributed by atoms with Gasteiger partial charge in [0.1, 0.15) is 5.69 Å². The van der Waals surface area contributed by atoms with Crippen molar-refractivity contribution in [2.45, 2.75) is 32.2 Å². The van der Waals surface area contributed by atoms with Crippen molar-refractivity contribution >= 4 is 29.1 Å². The van der Waals surface area contributed by atoms with Gasteiger partial charge in [-0.2, -0.15) is 5.10 Å². The molecule has 1 aromatic heterocycles. The molecule has 0 aliphatic carbocycles. The Bertz CT molecular complexity index is 997. The van der Waals surface area contributed by atoms with E-state index in [1.165, 1.54) is 0 Å². The van der Waals surface area contributed by atoms with Crippen molar-refractivity contribution in [3.05, 3.63) is 75.4 Å². The molecule has 0 bridgehead atoms. The quantitative estimate of drug-likeness (QED) is 0.494. The highest BCUT2D eigenvalue weighted by Crippen LogP contribution is 2.44. The summed E-state index contributed by atoms with van der Waals surface area (Å²) < 4.78 is 0. The van der Waals surface area contributed by atoms with Crippen LogP contribution in [-0.2, 0) is 0 Å². The molecule has 1 N–H and O–H groups in total. The number of amides is 1. The van der Waals surface area contributed by atoms with Crippen molar-refractivity contribution in [1.82, 2.24) is 15.1 Å². The highest BCUT2D eigenvalue weighted by atomic mass is 35.5. The van der Waals surface area contributed by atoms with Crippen LogP contribution in [-0.4, -0.2) is 27.5 Å². The molecule has 2 aromatic carbocycles. The van der Waals surface area contributed by atoms with Crippen LogP contribution in [0.4, 0.5) is 0 Å². The maximum atomic E-state index is 13.2. The number of nitrogens with one attached hydrogen (secondary N) is 1. The first-order valence-electron chi connectivity index (χ1n) is 9.51. The monoisotopic (exact) mass is 413 g/mol. The first-order valence-corrected chi connectivity index (χ1v) is 10.3. The summed E-state index contributed by atoms with van der Waals surface area (Å²) in [5.41, 5.74) is 4.04. The summed E-state index contributed by atoms with van der Waals surface area (Å²) in [5, 5.41) is 8.75. The van der Waals surface area contributed by atoms with Crippen LogP contribution in [0.15, 0.2) is 48.5 Å². The van der Waals surface area contributed by atoms with E-state index in [9.17, 15) is 4.79 Å². The van der Waals surface area contributed by atoms with Crippen LogP contribution in [0, 0.1) is 0 Å². The summed E-state index contributed by atoms with van der Waals surface area (Å²) >= 11 is 12.6. The Morgan fingerprint density at radius 2 is 1.82 bits per heavy atom. The number of nitrogens with zero attached hydrogens (tertiary/aromatic N) is 2. The Labute approximate surface area is 174 Å². The molecule has 2 heterocycles. The lowest BCUT2D eigenvalue weighted by Gasteiger charge is -2.27. The van der Waals surface area contributed by atoms with E-state index in [0.717, 1.165) is 41.6 Å². The fourth-order valence-electron chi connectivity index (χ4n) is 3.81. The minimum absolute atomic E-state index is 0.0243. The van der Waals surface area contributed by atoms with Crippen LogP contribution >= 0.6 is 23.2 Å². The average molecular weight is 414 g/mol. The number of benzene rings is 2. The van der Waals surface area contributed by atoms with E-state index in [-0.39, 0.29) is 11.9 Å². The Hall–Kier alpha value is -2.30. The lowest BCUT2D eigenvalue weighted by Crippen LogP contribution is -2.30. The average Bonchev–Trinajstić information content (AvgIpc) is 3.23. The second-order valence-corrected chi connectivity index (χ2v) is 7.84. The van der Waals surface area contributed by atoms with Crippen molar-refractivity contribution in [3.63, 3.8) is 0 Å². The van der Waals surface area contributed by atoms with Gasteiger partial charge in [0, 0.05) is 27.7 Å². The lowest BCUT2D eigenvalue weighted by atomic mass is 9.96. The van der Waals surface area contributed by atoms with E-state index in [1.807, 2.05) is 53.4 Å². The second-order valence-electron chi connectivity index (χ2n) is 7.00. The van der Waals surface area contributed by atoms with Crippen LogP contribution in [0.5, 0.6) is 0 Å². The zero-order valence-electron chi connectivity index (χ0n) is 15.6. The van der Waals surface area contributed by atoms with E-state index < -0.39 is 0 Å². The number of aromatic nitrogens is 2. The molecule has 1 aliphatic rings. The van der Waals surface area contributed by atoms with Gasteiger partial charge in [-0.3, -0.25) is 9.89 Å². The Morgan fingerprint density at radius 1 is 1.07 bits per heavy atom. The molecule has 0 spiro atoms. The number of H-pyrrole nitrogens is 1. The Balaban J connectivity index is 1.83. The molecule has 0 saturated heterocycles. The summed E-state index contributed by atoms with van der Waals surface area (Å²) in [6.45, 7) is 2.84. The van der Waals surface area contributed by atoms with Gasteiger partial charge in [0.2, 0.25) is 0 Å². The molecule has 0 saturated carbocycles. The SMILES string of the molecule is CCCCCN1C(=O)c2[nH]nc(-c3ccc(Cl)cc3)c2C1c1ccccc1Cl. The molecule has 144 valence electrons. The summed E-state index contributed by atoms with van der Waals surface area (Å²) in [4.78, 5) is 15.1. The van der Waals surface area contributed by atoms with Crippen LogP contribution in [0.2, 0.25) is 10.0 Å². The van der Waals surface area contributed by atoms with Gasteiger partial charge in [0.25, 0.3) is 5.91 Å². The van der Waals surface area contributed by atoms with Crippen molar-refractivity contribution in [1.29, 1.82) is 0 Å². The molecule has 1 atom stereocenters. The molecule has 3 aromatic rings. The van der Waals surface area contributed by atoms with E-state index in [2.05, 4.69) is 17.1 Å². The van der Waals surface area contributed by atoms with E-state index in [1.54, 1.807) is 0 Å². The highest BCUT2D eigenvalue weighted by Gasteiger charge is 2.42. The fourth-order valence-corrected chi connectivity index (χ4v) is 4.17. The summed E-state index contributed by atoms with van der Waals surface area (Å²) in [5.74, 6) is -0.0243. The number of fused-ring (bicyclic) bond motifs is 1. The molecule has 6 heteroatoms. The van der Waals surface area contributed by atoms with Gasteiger partial charge in [-0.25, -0.2) is 0 Å². The number of unbranched alkanes of at least 4 members (excludes halogenated alkanes) is 2. The smallest absolute Gasteiger partial charge is 0.273 e. The zero-order valence-corrected chi connectivity index (χ0v) is 17.1. The number of rotatable bonds is 6. The highest BCUT2D eigenvalue weighted by molar-refractivity contribution is 6.31. The largest absolute Gasteiger partial charge is 0.326 e. The van der Waals surface area contributed by atoms with Crippen molar-refractivity contribution in [2.75, 3.05) is 6.54 Å². The maximum absolute atomic E-state index is 13.2. The minimum Gasteiger partial charge on any atom is -0.326 e. The van der Waals surface area contributed by atoms with Gasteiger partial charge < -0.3 is 4.90 Å². The first-order chi connectivity index (χ1) is 13.6. The third-order valence-corrected chi connectivity index (χ3v) is 5.78. The van der Waals surface area contributed by atoms with Crippen molar-refractivity contribution in [2.24, 2.45) is 0 Å². The number of carbonyl (C=O) groups is 1. The van der Waals surface area contributed by atoms with Gasteiger partial charge in [0.15, 0.2) is 0 Å². The number of hydrogen-bond acceptors (Lipinski definition) is 2. The number of halogens is 2. The standard InChI is InChI=1S/C22H21Cl2N3O/c1-2-3-6-13-27-21(16-7-4-5-8-17(16)24)18-19(25-26-20(18)22(27)28)14-9-11-15(23)12-10-14/h4-5,7-12,21H,2-3,6,13H2,1H3,(H,25,26). The van der Waals surface area contributed by atoms with Crippen LogP contribution in [0.1, 0.15) is 53.8 Å². The predicted molar refractivity (Wildman–Crippen MR) is 113 cm³/mol. The molecule has 0 fully saturated rings. The Morgan fingerprint density at radius 3 is 2.54 bits per heavy atom. The first kappa shape index (κ1) is 19.0. The van der Waals surface area contributed by atoms with Gasteiger partial charge in [0.05, 0.1) is 11.7 Å². The molecular formula is C22H21Cl2N3O. The third-order valence-electron chi connectivity index (χ3n) is 5.18. The summed E-state index contributed by atoms with van der Waals surface area (Å²) in [7, 11) is 0. The van der Waals surface area contributed by atoms with Crippen LogP contribution < -0.4 is 0 Å². The molecule has 28 heavy (non-hydrogen) atoms. The van der Waals surface area contributed by atoms with E-state index in [4.69, 9.17) is 23.2 Å². The molecule has 0 radical (unpaired) electrons. The summed E-state index contributed by atoms with van der Waals surface area (Å²) in [6.07, 6.45) is 3.13. The van der Waals surface area contributed by atoms with E-state index >= 15 is 0 Å². The van der Waals surface area contributed by atoms with Crippen LogP contribution in [0.3, 0.4) is 0 Å². The van der Waals surface area contributed by atoms with Gasteiger partial charge in [-0.15, -0.1) is 0 Å². The number of hydrogen-bond donors (Lipinski definition) is 1. The number of carbonyl (C=O) groups excluding carboxylic acids is 1. The predicted octanol–water partition coefficient (Wildman–Crippen LogP) is 6.12. The summed E-state index contributed by atoms with van der Waals surface area (Å²) in [6, 6.07) is 15.0. The maximum Gasteiger partial charge on any atom is 0.273 e. The van der Waals surface area contributed by atoms with Gasteiger partial charge in [-0.05, 0) is 30.2 Å². The minimum atomic E-state index is -0.252.